The van der Waals surface area contributed by atoms with Crippen molar-refractivity contribution in [1.82, 2.24) is 4.90 Å². The summed E-state index contributed by atoms with van der Waals surface area (Å²) >= 11 is 3.17. The Kier molecular flexibility index (Phi) is 6.29. The number of phenols is 1. The molecular weight excluding hydrogens is 580 g/mol. The van der Waals surface area contributed by atoms with Crippen LogP contribution in [0.5, 0.6) is 11.5 Å². The van der Waals surface area contributed by atoms with E-state index in [1.54, 1.807) is 18.2 Å². The first-order chi connectivity index (χ1) is 19.2. The lowest BCUT2D eigenvalue weighted by atomic mass is 9.59. The number of nitrogens with zero attached hydrogens (tertiary/aromatic N) is 1. The van der Waals surface area contributed by atoms with Crippen molar-refractivity contribution in [3.8, 4) is 11.5 Å². The monoisotopic (exact) mass is 602 g/mol. The van der Waals surface area contributed by atoms with Gasteiger partial charge in [-0.2, -0.15) is 4.90 Å². The summed E-state index contributed by atoms with van der Waals surface area (Å²) in [5, 5.41) is 11.2. The Balaban J connectivity index is 1.42. The summed E-state index contributed by atoms with van der Waals surface area (Å²) < 4.78 is 5.94. The van der Waals surface area contributed by atoms with Gasteiger partial charge < -0.3 is 15.6 Å². The number of rotatable bonds is 4. The number of imide groups is 3. The van der Waals surface area contributed by atoms with Crippen LogP contribution in [-0.4, -0.2) is 39.4 Å². The number of hydrogen-bond acceptors (Lipinski definition) is 7. The Bertz CT molecular complexity index is 1610. The maximum Gasteiger partial charge on any atom is 0.328 e. The number of urea groups is 1. The lowest BCUT2D eigenvalue weighted by molar-refractivity contribution is -0.136. The SMILES string of the molecule is NC(=O)N1C(=O)[C@H]2[C@H](CC=C3[C@H](c4ccc(OCc5ccccc5)cc4O)C4=C(C[C@H]32)C(=O)C(Br)=CC4=O)C1=O. The molecule has 3 N–H and O–H groups in total. The third-order valence-corrected chi connectivity index (χ3v) is 8.70. The van der Waals surface area contributed by atoms with Crippen LogP contribution in [0, 0.1) is 17.8 Å². The lowest BCUT2D eigenvalue weighted by Crippen LogP contribution is -2.42. The van der Waals surface area contributed by atoms with Gasteiger partial charge in [-0.05, 0) is 46.3 Å². The summed E-state index contributed by atoms with van der Waals surface area (Å²) in [7, 11) is 0. The van der Waals surface area contributed by atoms with Crippen molar-refractivity contribution in [2.75, 3.05) is 0 Å². The van der Waals surface area contributed by atoms with Crippen LogP contribution in [0.15, 0.2) is 81.9 Å². The van der Waals surface area contributed by atoms with E-state index >= 15 is 0 Å². The molecule has 1 saturated heterocycles. The molecule has 10 heteroatoms. The Morgan fingerprint density at radius 2 is 1.80 bits per heavy atom. The molecule has 0 saturated carbocycles. The van der Waals surface area contributed by atoms with Gasteiger partial charge in [-0.25, -0.2) is 4.79 Å². The lowest BCUT2D eigenvalue weighted by Gasteiger charge is -2.42. The van der Waals surface area contributed by atoms with Crippen LogP contribution in [0.2, 0.25) is 0 Å². The Labute approximate surface area is 237 Å². The fraction of sp³-hybridized carbons (Fsp3) is 0.233. The fourth-order valence-electron chi connectivity index (χ4n) is 6.38. The maximum absolute atomic E-state index is 13.3. The van der Waals surface area contributed by atoms with Crippen LogP contribution < -0.4 is 10.5 Å². The molecule has 40 heavy (non-hydrogen) atoms. The van der Waals surface area contributed by atoms with Gasteiger partial charge in [0.25, 0.3) is 0 Å². The number of phenolic OH excluding ortho intramolecular Hbond substituents is 1. The highest BCUT2D eigenvalue weighted by atomic mass is 79.9. The summed E-state index contributed by atoms with van der Waals surface area (Å²) in [5.41, 5.74) is 7.74. The molecule has 4 atom stereocenters. The summed E-state index contributed by atoms with van der Waals surface area (Å²) in [6.45, 7) is 0.285. The number of primary amides is 1. The van der Waals surface area contributed by atoms with E-state index in [2.05, 4.69) is 15.9 Å². The van der Waals surface area contributed by atoms with E-state index in [-0.39, 0.29) is 46.6 Å². The number of Topliss-reactive ketones (excluding diaryl/α,β-unsaturated/α-hetero) is 1. The Morgan fingerprint density at radius 1 is 1.05 bits per heavy atom. The quantitative estimate of drug-likeness (QED) is 0.307. The van der Waals surface area contributed by atoms with Crippen molar-refractivity contribution in [3.05, 3.63) is 93.0 Å². The van der Waals surface area contributed by atoms with E-state index < -0.39 is 47.3 Å². The number of nitrogens with two attached hydrogens (primary N) is 1. The first-order valence-corrected chi connectivity index (χ1v) is 13.5. The second-order valence-electron chi connectivity index (χ2n) is 10.2. The fourth-order valence-corrected chi connectivity index (χ4v) is 6.82. The average Bonchev–Trinajstić information content (AvgIpc) is 3.20. The van der Waals surface area contributed by atoms with Crippen molar-refractivity contribution >= 4 is 45.3 Å². The van der Waals surface area contributed by atoms with E-state index in [0.29, 0.717) is 21.8 Å². The normalized spacial score (nSPS) is 25.7. The summed E-state index contributed by atoms with van der Waals surface area (Å²) in [6, 6.07) is 13.2. The minimum atomic E-state index is -1.14. The molecule has 0 radical (unpaired) electrons. The molecule has 1 fully saturated rings. The van der Waals surface area contributed by atoms with Crippen LogP contribution >= 0.6 is 15.9 Å². The second-order valence-corrected chi connectivity index (χ2v) is 11.1. The molecular formula is C30H23BrN2O7. The zero-order valence-corrected chi connectivity index (χ0v) is 22.6. The van der Waals surface area contributed by atoms with Crippen molar-refractivity contribution in [1.29, 1.82) is 0 Å². The number of hydrogen-bond donors (Lipinski definition) is 2. The molecule has 9 nitrogen and oxygen atoms in total. The zero-order chi connectivity index (χ0) is 28.3. The number of carbonyl (C=O) groups excluding carboxylic acids is 5. The summed E-state index contributed by atoms with van der Waals surface area (Å²) in [5.74, 6) is -5.09. The third-order valence-electron chi connectivity index (χ3n) is 8.11. The van der Waals surface area contributed by atoms with Gasteiger partial charge in [0.2, 0.25) is 11.8 Å². The van der Waals surface area contributed by atoms with Gasteiger partial charge in [-0.3, -0.25) is 19.2 Å². The summed E-state index contributed by atoms with van der Waals surface area (Å²) in [6.07, 6.45) is 3.20. The first kappa shape index (κ1) is 25.9. The average molecular weight is 603 g/mol. The molecule has 0 aromatic heterocycles. The number of amides is 4. The van der Waals surface area contributed by atoms with Crippen LogP contribution in [0.4, 0.5) is 4.79 Å². The van der Waals surface area contributed by atoms with Gasteiger partial charge in [0.05, 0.1) is 16.3 Å². The minimum Gasteiger partial charge on any atom is -0.507 e. The standard InChI is InChI=1S/C30H23BrN2O7/c31-21-12-23(35)26-20(27(21)36)11-19-16(8-9-18-25(19)29(38)33(28(18)37)30(32)39)24(26)17-7-6-15(10-22(17)34)40-13-14-4-2-1-3-5-14/h1-8,10,12,18-19,24-25,34H,9,11,13H2,(H2,32,39)/t18-,19+,24+,25-/m0/s1. The largest absolute Gasteiger partial charge is 0.507 e. The van der Waals surface area contributed by atoms with E-state index in [9.17, 15) is 29.1 Å². The predicted molar refractivity (Wildman–Crippen MR) is 145 cm³/mol. The molecule has 6 rings (SSSR count). The molecule has 0 unspecified atom stereocenters. The van der Waals surface area contributed by atoms with Crippen molar-refractivity contribution in [2.24, 2.45) is 23.5 Å². The van der Waals surface area contributed by atoms with Gasteiger partial charge in [-0.15, -0.1) is 0 Å². The van der Waals surface area contributed by atoms with Crippen molar-refractivity contribution < 1.29 is 33.8 Å². The molecule has 0 bridgehead atoms. The van der Waals surface area contributed by atoms with E-state index in [1.807, 2.05) is 30.3 Å². The number of aromatic hydroxyl groups is 1. The van der Waals surface area contributed by atoms with Gasteiger partial charge in [-0.1, -0.05) is 48.0 Å². The number of ether oxygens (including phenoxy) is 1. The van der Waals surface area contributed by atoms with Gasteiger partial charge in [0.15, 0.2) is 11.6 Å². The molecule has 0 spiro atoms. The second kappa shape index (κ2) is 9.71. The molecule has 1 heterocycles. The van der Waals surface area contributed by atoms with Crippen molar-refractivity contribution in [2.45, 2.75) is 25.4 Å². The number of likely N-dealkylation sites (tertiary alicyclic amines) is 1. The number of ketones is 2. The highest BCUT2D eigenvalue weighted by Gasteiger charge is 2.57. The van der Waals surface area contributed by atoms with Crippen LogP contribution in [0.3, 0.4) is 0 Å². The highest BCUT2D eigenvalue weighted by Crippen LogP contribution is 2.56. The minimum absolute atomic E-state index is 0.0387. The van der Waals surface area contributed by atoms with Crippen LogP contribution in [0.25, 0.3) is 0 Å². The number of benzene rings is 2. The van der Waals surface area contributed by atoms with E-state index in [1.165, 1.54) is 12.1 Å². The van der Waals surface area contributed by atoms with Gasteiger partial charge in [0, 0.05) is 34.8 Å². The summed E-state index contributed by atoms with van der Waals surface area (Å²) in [4.78, 5) is 65.2. The van der Waals surface area contributed by atoms with Crippen LogP contribution in [-0.2, 0) is 25.8 Å². The number of allylic oxidation sites excluding steroid dienone is 6. The molecule has 3 aliphatic carbocycles. The van der Waals surface area contributed by atoms with Crippen LogP contribution in [0.1, 0.15) is 29.9 Å². The van der Waals surface area contributed by atoms with Gasteiger partial charge >= 0.3 is 6.03 Å². The maximum atomic E-state index is 13.3. The van der Waals surface area contributed by atoms with E-state index in [0.717, 1.165) is 5.56 Å². The molecule has 2 aromatic carbocycles. The zero-order valence-electron chi connectivity index (χ0n) is 21.0. The van der Waals surface area contributed by atoms with Gasteiger partial charge in [0.1, 0.15) is 18.1 Å². The molecule has 1 aliphatic heterocycles. The number of halogens is 1. The van der Waals surface area contributed by atoms with Crippen molar-refractivity contribution in [3.63, 3.8) is 0 Å². The molecule has 4 amide bonds. The van der Waals surface area contributed by atoms with E-state index in [4.69, 9.17) is 10.5 Å². The molecule has 2 aromatic rings. The molecule has 4 aliphatic rings. The topological polar surface area (TPSA) is 144 Å². The molecule has 202 valence electrons. The number of carbonyl (C=O) groups is 5. The third kappa shape index (κ3) is 4.02. The highest BCUT2D eigenvalue weighted by molar-refractivity contribution is 9.12. The number of fused-ring (bicyclic) bond motifs is 3. The smallest absolute Gasteiger partial charge is 0.328 e. The predicted octanol–water partition coefficient (Wildman–Crippen LogP) is 3.81. The first-order valence-electron chi connectivity index (χ1n) is 12.7. The Hall–Kier alpha value is -4.31. The Morgan fingerprint density at radius 3 is 2.50 bits per heavy atom.